The zero-order chi connectivity index (χ0) is 18.1. The lowest BCUT2D eigenvalue weighted by atomic mass is 9.95. The Hall–Kier alpha value is -3.23. The van der Waals surface area contributed by atoms with Crippen molar-refractivity contribution in [1.82, 2.24) is 20.2 Å². The van der Waals surface area contributed by atoms with Gasteiger partial charge in [-0.25, -0.2) is 9.78 Å². The molecule has 0 saturated heterocycles. The first-order valence-corrected chi connectivity index (χ1v) is 8.20. The second-order valence-corrected chi connectivity index (χ2v) is 5.96. The Labute approximate surface area is 149 Å². The zero-order valence-corrected chi connectivity index (χ0v) is 14.2. The van der Waals surface area contributed by atoms with E-state index >= 15 is 0 Å². The first kappa shape index (κ1) is 16.2. The summed E-state index contributed by atoms with van der Waals surface area (Å²) in [6.45, 7) is 0.481. The third-order valence-corrected chi connectivity index (χ3v) is 4.51. The maximum absolute atomic E-state index is 12.7. The molecule has 26 heavy (non-hydrogen) atoms. The number of aromatic amines is 1. The van der Waals surface area contributed by atoms with E-state index in [1.165, 1.54) is 7.11 Å². The van der Waals surface area contributed by atoms with Crippen LogP contribution in [0.1, 0.15) is 23.0 Å². The molecule has 4 rings (SSSR count). The Kier molecular flexibility index (Phi) is 4.11. The van der Waals surface area contributed by atoms with E-state index in [1.54, 1.807) is 11.2 Å². The van der Waals surface area contributed by atoms with Crippen molar-refractivity contribution in [1.29, 1.82) is 0 Å². The highest BCUT2D eigenvalue weighted by molar-refractivity contribution is 5.81. The number of benzene rings is 1. The average Bonchev–Trinajstić information content (AvgIpc) is 3.32. The number of carbonyl (C=O) groups is 2. The summed E-state index contributed by atoms with van der Waals surface area (Å²) in [4.78, 5) is 33.2. The summed E-state index contributed by atoms with van der Waals surface area (Å²) in [5.41, 5.74) is 2.63. The maximum atomic E-state index is 12.7. The normalized spacial score (nSPS) is 17.6. The number of H-pyrrole nitrogens is 1. The fourth-order valence-corrected chi connectivity index (χ4v) is 3.24. The van der Waals surface area contributed by atoms with Crippen molar-refractivity contribution in [2.45, 2.75) is 12.5 Å². The number of hydrogen-bond donors (Lipinski definition) is 2. The molecule has 1 aromatic heterocycles. The molecule has 0 aliphatic carbocycles. The summed E-state index contributed by atoms with van der Waals surface area (Å²) < 4.78 is 15.4. The Bertz CT molecular complexity index is 849. The van der Waals surface area contributed by atoms with Crippen LogP contribution >= 0.6 is 0 Å². The predicted octanol–water partition coefficient (Wildman–Crippen LogP) is 0.968. The Morgan fingerprint density at radius 1 is 1.38 bits per heavy atom. The summed E-state index contributed by atoms with van der Waals surface area (Å²) in [7, 11) is 1.28. The van der Waals surface area contributed by atoms with Gasteiger partial charge in [0.25, 0.3) is 0 Å². The topological polar surface area (TPSA) is 106 Å². The van der Waals surface area contributed by atoms with Crippen molar-refractivity contribution < 1.29 is 23.8 Å². The molecule has 2 aliphatic rings. The van der Waals surface area contributed by atoms with Crippen molar-refractivity contribution in [2.24, 2.45) is 0 Å². The molecule has 0 fully saturated rings. The molecule has 1 atom stereocenters. The van der Waals surface area contributed by atoms with Gasteiger partial charge in [-0.05, 0) is 17.7 Å². The number of nitrogens with zero attached hydrogens (tertiary/aromatic N) is 2. The van der Waals surface area contributed by atoms with Crippen molar-refractivity contribution in [3.05, 3.63) is 41.5 Å². The average molecular weight is 358 g/mol. The van der Waals surface area contributed by atoms with Crippen LogP contribution in [0.2, 0.25) is 0 Å². The summed E-state index contributed by atoms with van der Waals surface area (Å²) in [6, 6.07) is 4.83. The van der Waals surface area contributed by atoms with E-state index in [1.807, 2.05) is 18.2 Å². The number of amides is 2. The van der Waals surface area contributed by atoms with Crippen LogP contribution in [0.5, 0.6) is 11.5 Å². The lowest BCUT2D eigenvalue weighted by Gasteiger charge is -2.35. The molecule has 9 nitrogen and oxygen atoms in total. The van der Waals surface area contributed by atoms with Gasteiger partial charge in [0.15, 0.2) is 11.5 Å². The van der Waals surface area contributed by atoms with Gasteiger partial charge in [0.2, 0.25) is 6.79 Å². The highest BCUT2D eigenvalue weighted by Gasteiger charge is 2.35. The molecule has 2 aliphatic heterocycles. The van der Waals surface area contributed by atoms with Crippen molar-refractivity contribution in [3.8, 4) is 11.5 Å². The molecular weight excluding hydrogens is 340 g/mol. The number of methoxy groups -OCH3 is 1. The molecule has 1 unspecified atom stereocenters. The fourth-order valence-electron chi connectivity index (χ4n) is 3.24. The SMILES string of the molecule is COC(=O)CNC(=O)N1CCc2[nH]cnc2C1c1ccc2c(c1)OCO2. The molecule has 9 heteroatoms. The summed E-state index contributed by atoms with van der Waals surface area (Å²) in [6.07, 6.45) is 2.28. The third kappa shape index (κ3) is 2.81. The number of urea groups is 1. The number of rotatable bonds is 3. The number of hydrogen-bond acceptors (Lipinski definition) is 6. The molecule has 136 valence electrons. The first-order valence-electron chi connectivity index (χ1n) is 8.20. The number of fused-ring (bicyclic) bond motifs is 2. The molecule has 2 aromatic rings. The molecule has 1 aromatic carbocycles. The number of esters is 1. The van der Waals surface area contributed by atoms with Gasteiger partial charge in [-0.15, -0.1) is 0 Å². The Balaban J connectivity index is 1.65. The molecular formula is C17H18N4O5. The van der Waals surface area contributed by atoms with Crippen molar-refractivity contribution >= 4 is 12.0 Å². The number of ether oxygens (including phenoxy) is 3. The molecule has 3 heterocycles. The van der Waals surface area contributed by atoms with Crippen molar-refractivity contribution in [2.75, 3.05) is 27.0 Å². The summed E-state index contributed by atoms with van der Waals surface area (Å²) in [5, 5.41) is 2.60. The van der Waals surface area contributed by atoms with Crippen LogP contribution in [-0.2, 0) is 16.0 Å². The van der Waals surface area contributed by atoms with Crippen LogP contribution in [0.25, 0.3) is 0 Å². The van der Waals surface area contributed by atoms with E-state index in [4.69, 9.17) is 9.47 Å². The van der Waals surface area contributed by atoms with Crippen LogP contribution in [0.15, 0.2) is 24.5 Å². The monoisotopic (exact) mass is 358 g/mol. The molecule has 2 N–H and O–H groups in total. The van der Waals surface area contributed by atoms with Crippen LogP contribution in [0, 0.1) is 0 Å². The van der Waals surface area contributed by atoms with Crippen molar-refractivity contribution in [3.63, 3.8) is 0 Å². The van der Waals surface area contributed by atoms with Gasteiger partial charge in [0, 0.05) is 18.7 Å². The molecule has 0 bridgehead atoms. The highest BCUT2D eigenvalue weighted by atomic mass is 16.7. The minimum atomic E-state index is -0.504. The van der Waals surface area contributed by atoms with E-state index < -0.39 is 12.0 Å². The Morgan fingerprint density at radius 3 is 3.08 bits per heavy atom. The van der Waals surface area contributed by atoms with E-state index in [0.717, 1.165) is 17.0 Å². The van der Waals surface area contributed by atoms with Crippen LogP contribution in [0.3, 0.4) is 0 Å². The lowest BCUT2D eigenvalue weighted by molar-refractivity contribution is -0.139. The Morgan fingerprint density at radius 2 is 2.23 bits per heavy atom. The number of aromatic nitrogens is 2. The minimum Gasteiger partial charge on any atom is -0.468 e. The summed E-state index contributed by atoms with van der Waals surface area (Å²) in [5.74, 6) is 0.809. The molecule has 2 amide bonds. The third-order valence-electron chi connectivity index (χ3n) is 4.51. The smallest absolute Gasteiger partial charge is 0.325 e. The van der Waals surface area contributed by atoms with E-state index in [9.17, 15) is 9.59 Å². The number of imidazole rings is 1. The zero-order valence-electron chi connectivity index (χ0n) is 14.2. The van der Waals surface area contributed by atoms with Gasteiger partial charge < -0.3 is 29.4 Å². The van der Waals surface area contributed by atoms with Gasteiger partial charge in [0.1, 0.15) is 12.6 Å². The fraction of sp³-hybridized carbons (Fsp3) is 0.353. The maximum Gasteiger partial charge on any atom is 0.325 e. The molecule has 0 radical (unpaired) electrons. The quantitative estimate of drug-likeness (QED) is 0.792. The van der Waals surface area contributed by atoms with Crippen LogP contribution in [-0.4, -0.2) is 53.9 Å². The van der Waals surface area contributed by atoms with E-state index in [0.29, 0.717) is 24.5 Å². The summed E-state index contributed by atoms with van der Waals surface area (Å²) >= 11 is 0. The van der Waals surface area contributed by atoms with Gasteiger partial charge in [0.05, 0.1) is 19.1 Å². The number of nitrogens with one attached hydrogen (secondary N) is 2. The second-order valence-electron chi connectivity index (χ2n) is 5.96. The predicted molar refractivity (Wildman–Crippen MR) is 88.8 cm³/mol. The van der Waals surface area contributed by atoms with Gasteiger partial charge in [-0.2, -0.15) is 0 Å². The van der Waals surface area contributed by atoms with E-state index in [2.05, 4.69) is 20.0 Å². The largest absolute Gasteiger partial charge is 0.468 e. The van der Waals surface area contributed by atoms with Crippen LogP contribution in [0.4, 0.5) is 4.79 Å². The first-order chi connectivity index (χ1) is 12.7. The molecule has 0 spiro atoms. The van der Waals surface area contributed by atoms with Crippen LogP contribution < -0.4 is 14.8 Å². The van der Waals surface area contributed by atoms with Gasteiger partial charge >= 0.3 is 12.0 Å². The number of carbonyl (C=O) groups excluding carboxylic acids is 2. The van der Waals surface area contributed by atoms with E-state index in [-0.39, 0.29) is 19.4 Å². The van der Waals surface area contributed by atoms with Gasteiger partial charge in [-0.1, -0.05) is 6.07 Å². The minimum absolute atomic E-state index is 0.181. The standard InChI is InChI=1S/C17H18N4O5/c1-24-14(22)7-18-17(23)21-5-4-11-15(20-8-19-11)16(21)10-2-3-12-13(6-10)26-9-25-12/h2-3,6,8,16H,4-5,7,9H2,1H3,(H,18,23)(H,19,20). The lowest BCUT2D eigenvalue weighted by Crippen LogP contribution is -2.47. The second kappa shape index (κ2) is 6.58. The molecule has 0 saturated carbocycles. The van der Waals surface area contributed by atoms with Gasteiger partial charge in [-0.3, -0.25) is 4.79 Å². The highest BCUT2D eigenvalue weighted by Crippen LogP contribution is 2.39.